The molecular weight excluding hydrogens is 202 g/mol. The number of aryl methyl sites for hydroxylation is 2. The Kier molecular flexibility index (Phi) is 4.34. The van der Waals surface area contributed by atoms with Crippen molar-refractivity contribution in [3.63, 3.8) is 0 Å². The van der Waals surface area contributed by atoms with Gasteiger partial charge >= 0.3 is 0 Å². The summed E-state index contributed by atoms with van der Waals surface area (Å²) in [6.45, 7) is 1.97. The second kappa shape index (κ2) is 5.99. The number of hydroxylamine groups is 1. The van der Waals surface area contributed by atoms with Crippen LogP contribution in [0.25, 0.3) is 0 Å². The fourth-order valence-electron chi connectivity index (χ4n) is 2.07. The van der Waals surface area contributed by atoms with E-state index in [1.165, 1.54) is 36.0 Å². The van der Waals surface area contributed by atoms with Gasteiger partial charge in [0.25, 0.3) is 0 Å². The van der Waals surface area contributed by atoms with Crippen LogP contribution in [0.3, 0.4) is 0 Å². The van der Waals surface area contributed by atoms with Gasteiger partial charge in [-0.15, -0.1) is 0 Å². The van der Waals surface area contributed by atoms with Crippen LogP contribution < -0.4 is 5.48 Å². The first-order valence-corrected chi connectivity index (χ1v) is 5.84. The minimum absolute atomic E-state index is 0.585. The van der Waals surface area contributed by atoms with Crippen LogP contribution in [0.1, 0.15) is 23.1 Å². The minimum atomic E-state index is 0.585. The SMILES string of the molecule is COCCONCc1ccc2c(c1)CCC2. The van der Waals surface area contributed by atoms with Gasteiger partial charge in [-0.2, -0.15) is 5.48 Å². The standard InChI is InChI=1S/C13H19NO2/c1-15-7-8-16-14-10-11-5-6-12-3-2-4-13(12)9-11/h5-6,9,14H,2-4,7-8,10H2,1H3. The molecule has 1 aliphatic rings. The van der Waals surface area contributed by atoms with Gasteiger partial charge in [0, 0.05) is 13.7 Å². The second-order valence-electron chi connectivity index (χ2n) is 4.12. The number of hydrogen-bond donors (Lipinski definition) is 1. The number of rotatable bonds is 6. The zero-order chi connectivity index (χ0) is 11.2. The Balaban J connectivity index is 1.77. The van der Waals surface area contributed by atoms with E-state index in [1.54, 1.807) is 7.11 Å². The van der Waals surface area contributed by atoms with Crippen LogP contribution in [0.2, 0.25) is 0 Å². The van der Waals surface area contributed by atoms with E-state index in [2.05, 4.69) is 23.7 Å². The Labute approximate surface area is 96.7 Å². The maximum Gasteiger partial charge on any atom is 0.0916 e. The topological polar surface area (TPSA) is 30.5 Å². The van der Waals surface area contributed by atoms with E-state index in [4.69, 9.17) is 9.57 Å². The molecule has 0 atom stereocenters. The molecule has 0 fully saturated rings. The van der Waals surface area contributed by atoms with Crippen LogP contribution in [0.4, 0.5) is 0 Å². The summed E-state index contributed by atoms with van der Waals surface area (Å²) < 4.78 is 4.89. The Morgan fingerprint density at radius 2 is 2.06 bits per heavy atom. The Morgan fingerprint density at radius 1 is 1.19 bits per heavy atom. The normalized spacial score (nSPS) is 14.1. The second-order valence-corrected chi connectivity index (χ2v) is 4.12. The molecule has 1 N–H and O–H groups in total. The van der Waals surface area contributed by atoms with Gasteiger partial charge in [0.05, 0.1) is 13.2 Å². The van der Waals surface area contributed by atoms with Gasteiger partial charge in [0.15, 0.2) is 0 Å². The quantitative estimate of drug-likeness (QED) is 0.587. The maximum atomic E-state index is 5.22. The van der Waals surface area contributed by atoms with Crippen molar-refractivity contribution in [2.24, 2.45) is 0 Å². The molecule has 0 saturated carbocycles. The van der Waals surface area contributed by atoms with Gasteiger partial charge in [-0.1, -0.05) is 18.2 Å². The van der Waals surface area contributed by atoms with E-state index in [0.29, 0.717) is 13.2 Å². The third-order valence-electron chi connectivity index (χ3n) is 2.93. The Hall–Kier alpha value is -0.900. The molecule has 1 aliphatic carbocycles. The number of benzene rings is 1. The van der Waals surface area contributed by atoms with E-state index < -0.39 is 0 Å². The van der Waals surface area contributed by atoms with Crippen LogP contribution in [0.5, 0.6) is 0 Å². The summed E-state index contributed by atoms with van der Waals surface area (Å²) in [5, 5.41) is 0. The Morgan fingerprint density at radius 3 is 2.94 bits per heavy atom. The van der Waals surface area contributed by atoms with Crippen LogP contribution in [-0.4, -0.2) is 20.3 Å². The van der Waals surface area contributed by atoms with E-state index in [-0.39, 0.29) is 0 Å². The van der Waals surface area contributed by atoms with Crippen LogP contribution in [0.15, 0.2) is 18.2 Å². The van der Waals surface area contributed by atoms with Crippen molar-refractivity contribution in [1.82, 2.24) is 5.48 Å². The van der Waals surface area contributed by atoms with Crippen LogP contribution >= 0.6 is 0 Å². The number of methoxy groups -OCH3 is 1. The molecule has 0 unspecified atom stereocenters. The molecule has 0 aliphatic heterocycles. The third kappa shape index (κ3) is 3.04. The summed E-state index contributed by atoms with van der Waals surface area (Å²) in [4.78, 5) is 5.22. The molecule has 0 amide bonds. The molecule has 0 spiro atoms. The molecule has 1 aromatic rings. The largest absolute Gasteiger partial charge is 0.382 e. The number of fused-ring (bicyclic) bond motifs is 1. The molecule has 2 rings (SSSR count). The lowest BCUT2D eigenvalue weighted by Crippen LogP contribution is -2.17. The summed E-state index contributed by atoms with van der Waals surface area (Å²) in [6, 6.07) is 6.71. The van der Waals surface area contributed by atoms with Gasteiger partial charge in [-0.05, 0) is 36.0 Å². The molecular formula is C13H19NO2. The fourth-order valence-corrected chi connectivity index (χ4v) is 2.07. The summed E-state index contributed by atoms with van der Waals surface area (Å²) in [5.41, 5.74) is 7.27. The highest BCUT2D eigenvalue weighted by Crippen LogP contribution is 2.22. The molecule has 1 aromatic carbocycles. The van der Waals surface area contributed by atoms with Crippen molar-refractivity contribution in [2.75, 3.05) is 20.3 Å². The van der Waals surface area contributed by atoms with Gasteiger partial charge in [-0.25, -0.2) is 0 Å². The monoisotopic (exact) mass is 221 g/mol. The van der Waals surface area contributed by atoms with Crippen molar-refractivity contribution in [3.05, 3.63) is 34.9 Å². The lowest BCUT2D eigenvalue weighted by molar-refractivity contribution is 0.00346. The van der Waals surface area contributed by atoms with Gasteiger partial charge in [-0.3, -0.25) is 4.84 Å². The molecule has 0 aromatic heterocycles. The van der Waals surface area contributed by atoms with E-state index in [0.717, 1.165) is 6.54 Å². The Bertz CT molecular complexity index is 339. The van der Waals surface area contributed by atoms with E-state index >= 15 is 0 Å². The van der Waals surface area contributed by atoms with E-state index in [9.17, 15) is 0 Å². The highest BCUT2D eigenvalue weighted by atomic mass is 16.7. The minimum Gasteiger partial charge on any atom is -0.382 e. The lowest BCUT2D eigenvalue weighted by Gasteiger charge is -2.07. The van der Waals surface area contributed by atoms with Gasteiger partial charge in [0.1, 0.15) is 0 Å². The summed E-state index contributed by atoms with van der Waals surface area (Å²) in [7, 11) is 1.67. The molecule has 0 saturated heterocycles. The first-order chi connectivity index (χ1) is 7.90. The predicted octanol–water partition coefficient (Wildman–Crippen LogP) is 1.84. The average molecular weight is 221 g/mol. The summed E-state index contributed by atoms with van der Waals surface area (Å²) in [5.74, 6) is 0. The molecule has 3 heteroatoms. The fraction of sp³-hybridized carbons (Fsp3) is 0.538. The molecule has 3 nitrogen and oxygen atoms in total. The number of nitrogens with one attached hydrogen (secondary N) is 1. The zero-order valence-corrected chi connectivity index (χ0v) is 9.79. The molecule has 16 heavy (non-hydrogen) atoms. The highest BCUT2D eigenvalue weighted by molar-refractivity contribution is 5.35. The lowest BCUT2D eigenvalue weighted by atomic mass is 10.1. The van der Waals surface area contributed by atoms with Crippen molar-refractivity contribution in [1.29, 1.82) is 0 Å². The molecule has 0 heterocycles. The number of ether oxygens (including phenoxy) is 1. The van der Waals surface area contributed by atoms with Crippen molar-refractivity contribution in [2.45, 2.75) is 25.8 Å². The first kappa shape index (κ1) is 11.6. The molecule has 0 radical (unpaired) electrons. The highest BCUT2D eigenvalue weighted by Gasteiger charge is 2.10. The zero-order valence-electron chi connectivity index (χ0n) is 9.79. The smallest absolute Gasteiger partial charge is 0.0916 e. The average Bonchev–Trinajstić information content (AvgIpc) is 2.76. The summed E-state index contributed by atoms with van der Waals surface area (Å²) in [6.07, 6.45) is 3.78. The van der Waals surface area contributed by atoms with Crippen molar-refractivity contribution >= 4 is 0 Å². The predicted molar refractivity (Wildman–Crippen MR) is 63.1 cm³/mol. The maximum absolute atomic E-state index is 5.22. The number of hydrogen-bond acceptors (Lipinski definition) is 3. The van der Waals surface area contributed by atoms with Gasteiger partial charge < -0.3 is 4.74 Å². The summed E-state index contributed by atoms with van der Waals surface area (Å²) >= 11 is 0. The molecule has 88 valence electrons. The van der Waals surface area contributed by atoms with Gasteiger partial charge in [0.2, 0.25) is 0 Å². The van der Waals surface area contributed by atoms with Crippen LogP contribution in [-0.2, 0) is 29.0 Å². The van der Waals surface area contributed by atoms with E-state index in [1.807, 2.05) is 0 Å². The first-order valence-electron chi connectivity index (χ1n) is 5.84. The third-order valence-corrected chi connectivity index (χ3v) is 2.93. The van der Waals surface area contributed by atoms with Crippen LogP contribution in [0, 0.1) is 0 Å². The van der Waals surface area contributed by atoms with Crippen molar-refractivity contribution < 1.29 is 9.57 Å². The van der Waals surface area contributed by atoms with Crippen molar-refractivity contribution in [3.8, 4) is 0 Å². The molecule has 0 bridgehead atoms.